The van der Waals surface area contributed by atoms with Crippen LogP contribution >= 0.6 is 11.3 Å². The van der Waals surface area contributed by atoms with Crippen LogP contribution in [0.1, 0.15) is 17.2 Å². The van der Waals surface area contributed by atoms with Crippen LogP contribution in [0, 0.1) is 5.82 Å². The predicted octanol–water partition coefficient (Wildman–Crippen LogP) is 2.64. The summed E-state index contributed by atoms with van der Waals surface area (Å²) in [6.45, 7) is 0. The maximum atomic E-state index is 13.1. The molecule has 1 heterocycles. The predicted molar refractivity (Wildman–Crippen MR) is 58.4 cm³/mol. The molecule has 3 N–H and O–H groups in total. The Labute approximate surface area is 90.8 Å². The molecule has 0 radical (unpaired) electrons. The second-order valence-electron chi connectivity index (χ2n) is 3.25. The van der Waals surface area contributed by atoms with E-state index in [-0.39, 0.29) is 11.8 Å². The summed E-state index contributed by atoms with van der Waals surface area (Å²) < 4.78 is 13.1. The minimum Gasteiger partial charge on any atom is -0.505 e. The summed E-state index contributed by atoms with van der Waals surface area (Å²) in [5.74, 6) is -0.991. The van der Waals surface area contributed by atoms with E-state index in [1.165, 1.54) is 12.1 Å². The van der Waals surface area contributed by atoms with Crippen molar-refractivity contribution >= 4 is 11.3 Å². The van der Waals surface area contributed by atoms with Crippen LogP contribution in [0.25, 0.3) is 0 Å². The number of nitrogens with two attached hydrogens (primary N) is 1. The van der Waals surface area contributed by atoms with Gasteiger partial charge >= 0.3 is 0 Å². The van der Waals surface area contributed by atoms with Gasteiger partial charge in [-0.25, -0.2) is 4.39 Å². The number of hydrogen-bond acceptors (Lipinski definition) is 3. The highest BCUT2D eigenvalue weighted by molar-refractivity contribution is 7.08. The fourth-order valence-corrected chi connectivity index (χ4v) is 2.06. The van der Waals surface area contributed by atoms with Crippen LogP contribution in [-0.2, 0) is 0 Å². The van der Waals surface area contributed by atoms with Gasteiger partial charge in [-0.15, -0.1) is 0 Å². The monoisotopic (exact) mass is 223 g/mol. The second kappa shape index (κ2) is 4.00. The third kappa shape index (κ3) is 2.00. The standard InChI is InChI=1S/C11H10FNOS/c12-9-5-7(1-2-10(9)14)11(13)8-3-4-15-6-8/h1-6,11,14H,13H2/t11-/m1/s1. The van der Waals surface area contributed by atoms with Gasteiger partial charge in [0.15, 0.2) is 11.6 Å². The summed E-state index contributed by atoms with van der Waals surface area (Å²) in [4.78, 5) is 0. The molecule has 1 atom stereocenters. The topological polar surface area (TPSA) is 46.2 Å². The lowest BCUT2D eigenvalue weighted by molar-refractivity contribution is 0.431. The average molecular weight is 223 g/mol. The van der Waals surface area contributed by atoms with Crippen LogP contribution in [0.15, 0.2) is 35.0 Å². The molecule has 1 aromatic heterocycles. The maximum Gasteiger partial charge on any atom is 0.165 e. The van der Waals surface area contributed by atoms with Crippen molar-refractivity contribution in [2.75, 3.05) is 0 Å². The zero-order chi connectivity index (χ0) is 10.8. The molecule has 0 bridgehead atoms. The first kappa shape index (κ1) is 10.1. The number of halogens is 1. The maximum absolute atomic E-state index is 13.1. The molecule has 0 fully saturated rings. The lowest BCUT2D eigenvalue weighted by atomic mass is 10.0. The third-order valence-corrected chi connectivity index (χ3v) is 2.93. The van der Waals surface area contributed by atoms with Gasteiger partial charge in [0.25, 0.3) is 0 Å². The molecule has 4 heteroatoms. The number of aromatic hydroxyl groups is 1. The van der Waals surface area contributed by atoms with Crippen molar-refractivity contribution < 1.29 is 9.50 Å². The molecule has 2 nitrogen and oxygen atoms in total. The normalized spacial score (nSPS) is 12.7. The molecule has 78 valence electrons. The Kier molecular flexibility index (Phi) is 2.70. The Morgan fingerprint density at radius 3 is 2.67 bits per heavy atom. The first-order valence-electron chi connectivity index (χ1n) is 4.44. The number of hydrogen-bond donors (Lipinski definition) is 2. The van der Waals surface area contributed by atoms with Crippen LogP contribution in [0.5, 0.6) is 5.75 Å². The SMILES string of the molecule is N[C@@H](c1ccsc1)c1ccc(O)c(F)c1. The van der Waals surface area contributed by atoms with E-state index in [1.54, 1.807) is 17.4 Å². The van der Waals surface area contributed by atoms with Gasteiger partial charge < -0.3 is 10.8 Å². The summed E-state index contributed by atoms with van der Waals surface area (Å²) in [5, 5.41) is 12.9. The molecule has 0 unspecified atom stereocenters. The molecule has 2 aromatic rings. The quantitative estimate of drug-likeness (QED) is 0.822. The van der Waals surface area contributed by atoms with Crippen molar-refractivity contribution in [3.63, 3.8) is 0 Å². The van der Waals surface area contributed by atoms with Gasteiger partial charge in [0, 0.05) is 0 Å². The summed E-state index contributed by atoms with van der Waals surface area (Å²) in [6, 6.07) is 5.77. The average Bonchev–Trinajstić information content (AvgIpc) is 2.74. The minimum atomic E-state index is -0.641. The molecule has 0 aliphatic rings. The smallest absolute Gasteiger partial charge is 0.165 e. The highest BCUT2D eigenvalue weighted by atomic mass is 32.1. The van der Waals surface area contributed by atoms with Gasteiger partial charge in [-0.1, -0.05) is 6.07 Å². The molecule has 0 amide bonds. The molecule has 0 aliphatic carbocycles. The molecule has 0 saturated heterocycles. The zero-order valence-corrected chi connectivity index (χ0v) is 8.67. The Morgan fingerprint density at radius 1 is 1.27 bits per heavy atom. The molecular weight excluding hydrogens is 213 g/mol. The van der Waals surface area contributed by atoms with Crippen molar-refractivity contribution in [1.82, 2.24) is 0 Å². The molecule has 15 heavy (non-hydrogen) atoms. The summed E-state index contributed by atoms with van der Waals surface area (Å²) in [7, 11) is 0. The largest absolute Gasteiger partial charge is 0.505 e. The van der Waals surface area contributed by atoms with E-state index in [0.717, 1.165) is 5.56 Å². The molecule has 1 aromatic carbocycles. The fraction of sp³-hybridized carbons (Fsp3) is 0.0909. The molecule has 0 aliphatic heterocycles. The number of phenols is 1. The highest BCUT2D eigenvalue weighted by Crippen LogP contribution is 2.25. The van der Waals surface area contributed by atoms with Crippen molar-refractivity contribution in [3.05, 3.63) is 52.0 Å². The highest BCUT2D eigenvalue weighted by Gasteiger charge is 2.11. The first-order chi connectivity index (χ1) is 7.18. The number of thiophene rings is 1. The van der Waals surface area contributed by atoms with Gasteiger partial charge in [0.1, 0.15) is 0 Å². The second-order valence-corrected chi connectivity index (χ2v) is 4.03. The molecular formula is C11H10FNOS. The Balaban J connectivity index is 2.34. The summed E-state index contributed by atoms with van der Waals surface area (Å²) in [6.07, 6.45) is 0. The Morgan fingerprint density at radius 2 is 2.07 bits per heavy atom. The van der Waals surface area contributed by atoms with E-state index in [1.807, 2.05) is 16.8 Å². The Bertz CT molecular complexity index is 456. The van der Waals surface area contributed by atoms with E-state index in [0.29, 0.717) is 5.56 Å². The van der Waals surface area contributed by atoms with Crippen molar-refractivity contribution in [3.8, 4) is 5.75 Å². The van der Waals surface area contributed by atoms with E-state index in [2.05, 4.69) is 0 Å². The molecule has 0 spiro atoms. The van der Waals surface area contributed by atoms with Crippen LogP contribution < -0.4 is 5.73 Å². The number of phenolic OH excluding ortho intramolecular Hbond substituents is 1. The van der Waals surface area contributed by atoms with E-state index in [4.69, 9.17) is 10.8 Å². The van der Waals surface area contributed by atoms with Crippen molar-refractivity contribution in [1.29, 1.82) is 0 Å². The Hall–Kier alpha value is -1.39. The van der Waals surface area contributed by atoms with Crippen LogP contribution in [0.3, 0.4) is 0 Å². The lowest BCUT2D eigenvalue weighted by Crippen LogP contribution is -2.10. The number of rotatable bonds is 2. The van der Waals surface area contributed by atoms with Crippen LogP contribution in [0.2, 0.25) is 0 Å². The summed E-state index contributed by atoms with van der Waals surface area (Å²) in [5.41, 5.74) is 7.54. The lowest BCUT2D eigenvalue weighted by Gasteiger charge is -2.10. The molecule has 2 rings (SSSR count). The van der Waals surface area contributed by atoms with Gasteiger partial charge in [-0.05, 0) is 40.1 Å². The zero-order valence-electron chi connectivity index (χ0n) is 7.85. The van der Waals surface area contributed by atoms with Crippen molar-refractivity contribution in [2.45, 2.75) is 6.04 Å². The van der Waals surface area contributed by atoms with E-state index >= 15 is 0 Å². The van der Waals surface area contributed by atoms with Crippen LogP contribution in [-0.4, -0.2) is 5.11 Å². The fourth-order valence-electron chi connectivity index (χ4n) is 1.36. The van der Waals surface area contributed by atoms with Crippen LogP contribution in [0.4, 0.5) is 4.39 Å². The molecule has 0 saturated carbocycles. The van der Waals surface area contributed by atoms with E-state index in [9.17, 15) is 4.39 Å². The first-order valence-corrected chi connectivity index (χ1v) is 5.39. The van der Waals surface area contributed by atoms with Gasteiger partial charge in [0.05, 0.1) is 6.04 Å². The third-order valence-electron chi connectivity index (χ3n) is 2.23. The summed E-state index contributed by atoms with van der Waals surface area (Å²) >= 11 is 1.55. The number of benzene rings is 1. The minimum absolute atomic E-state index is 0.341. The van der Waals surface area contributed by atoms with Gasteiger partial charge in [0.2, 0.25) is 0 Å². The van der Waals surface area contributed by atoms with Crippen molar-refractivity contribution in [2.24, 2.45) is 5.73 Å². The van der Waals surface area contributed by atoms with E-state index < -0.39 is 5.82 Å². The van der Waals surface area contributed by atoms with Gasteiger partial charge in [-0.2, -0.15) is 11.3 Å². The van der Waals surface area contributed by atoms with Gasteiger partial charge in [-0.3, -0.25) is 0 Å².